The van der Waals surface area contributed by atoms with E-state index in [2.05, 4.69) is 32.9 Å². The SMILES string of the molecule is C#CCOc1ccc(C=NNC(=O)N/N=C\c2ccc(OCC#C)c(OCC)c2)cc1OCC. The normalized spacial score (nSPS) is 10.4. The lowest BCUT2D eigenvalue weighted by atomic mass is 10.2. The molecule has 2 aromatic rings. The van der Waals surface area contributed by atoms with Crippen molar-refractivity contribution in [1.29, 1.82) is 0 Å². The average Bonchev–Trinajstić information content (AvgIpc) is 2.83. The maximum absolute atomic E-state index is 11.9. The Kier molecular flexibility index (Phi) is 10.9. The lowest BCUT2D eigenvalue weighted by Crippen LogP contribution is -2.28. The number of hydrogen-bond donors (Lipinski definition) is 2. The molecule has 9 heteroatoms. The molecule has 0 aliphatic carbocycles. The smallest absolute Gasteiger partial charge is 0.355 e. The Hall–Kier alpha value is -4.63. The summed E-state index contributed by atoms with van der Waals surface area (Å²) in [6.45, 7) is 4.89. The molecule has 2 N–H and O–H groups in total. The van der Waals surface area contributed by atoms with E-state index in [-0.39, 0.29) is 13.2 Å². The number of amides is 2. The highest BCUT2D eigenvalue weighted by Crippen LogP contribution is 2.28. The van der Waals surface area contributed by atoms with E-state index in [1.165, 1.54) is 12.4 Å². The molecule has 0 aromatic heterocycles. The van der Waals surface area contributed by atoms with E-state index in [9.17, 15) is 4.79 Å². The lowest BCUT2D eigenvalue weighted by molar-refractivity contribution is 0.242. The quantitative estimate of drug-likeness (QED) is 0.287. The first-order valence-electron chi connectivity index (χ1n) is 10.4. The molecule has 0 aliphatic rings. The van der Waals surface area contributed by atoms with Gasteiger partial charge >= 0.3 is 6.03 Å². The van der Waals surface area contributed by atoms with E-state index in [1.807, 2.05) is 13.8 Å². The van der Waals surface area contributed by atoms with E-state index >= 15 is 0 Å². The Morgan fingerprint density at radius 1 is 0.794 bits per heavy atom. The average molecular weight is 463 g/mol. The summed E-state index contributed by atoms with van der Waals surface area (Å²) in [7, 11) is 0. The fourth-order valence-electron chi connectivity index (χ4n) is 2.58. The summed E-state index contributed by atoms with van der Waals surface area (Å²) in [4.78, 5) is 11.9. The van der Waals surface area contributed by atoms with Gasteiger partial charge in [0.05, 0.1) is 25.6 Å². The van der Waals surface area contributed by atoms with Crippen molar-refractivity contribution in [3.05, 3.63) is 47.5 Å². The van der Waals surface area contributed by atoms with Crippen molar-refractivity contribution >= 4 is 18.5 Å². The fraction of sp³-hybridized carbons (Fsp3) is 0.240. The lowest BCUT2D eigenvalue weighted by Gasteiger charge is -2.10. The molecule has 0 bridgehead atoms. The molecular weight excluding hydrogens is 436 g/mol. The second-order valence-electron chi connectivity index (χ2n) is 6.33. The van der Waals surface area contributed by atoms with Crippen LogP contribution in [-0.4, -0.2) is 44.9 Å². The highest BCUT2D eigenvalue weighted by molar-refractivity contribution is 5.84. The van der Waals surface area contributed by atoms with Crippen LogP contribution in [0.3, 0.4) is 0 Å². The molecule has 0 saturated carbocycles. The molecule has 2 amide bonds. The van der Waals surface area contributed by atoms with Gasteiger partial charge in [-0.05, 0) is 61.4 Å². The molecule has 0 heterocycles. The van der Waals surface area contributed by atoms with Crippen LogP contribution in [0.5, 0.6) is 23.0 Å². The molecular formula is C25H26N4O5. The van der Waals surface area contributed by atoms with Gasteiger partial charge in [-0.25, -0.2) is 15.6 Å². The number of nitrogens with one attached hydrogen (secondary N) is 2. The predicted octanol–water partition coefficient (Wildman–Crippen LogP) is 3.18. The Morgan fingerprint density at radius 2 is 1.24 bits per heavy atom. The second kappa shape index (κ2) is 14.4. The minimum atomic E-state index is -0.620. The molecule has 0 aliphatic heterocycles. The highest BCUT2D eigenvalue weighted by Gasteiger charge is 2.07. The molecule has 34 heavy (non-hydrogen) atoms. The summed E-state index contributed by atoms with van der Waals surface area (Å²) in [6, 6.07) is 9.77. The van der Waals surface area contributed by atoms with Crippen LogP contribution < -0.4 is 29.8 Å². The fourth-order valence-corrected chi connectivity index (χ4v) is 2.58. The van der Waals surface area contributed by atoms with E-state index in [1.54, 1.807) is 36.4 Å². The van der Waals surface area contributed by atoms with Gasteiger partial charge in [0.2, 0.25) is 0 Å². The van der Waals surface area contributed by atoms with E-state index in [4.69, 9.17) is 31.8 Å². The highest BCUT2D eigenvalue weighted by atomic mass is 16.5. The van der Waals surface area contributed by atoms with Crippen LogP contribution in [0.2, 0.25) is 0 Å². The molecule has 2 rings (SSSR count). The van der Waals surface area contributed by atoms with Crippen molar-refractivity contribution in [2.75, 3.05) is 26.4 Å². The number of carbonyl (C=O) groups excluding carboxylic acids is 1. The minimum absolute atomic E-state index is 0.131. The number of ether oxygens (including phenoxy) is 4. The van der Waals surface area contributed by atoms with Gasteiger partial charge in [-0.3, -0.25) is 0 Å². The van der Waals surface area contributed by atoms with Gasteiger partial charge in [0.1, 0.15) is 13.2 Å². The first-order valence-corrected chi connectivity index (χ1v) is 10.4. The maximum Gasteiger partial charge on any atom is 0.355 e. The Bertz CT molecular complexity index is 1010. The monoisotopic (exact) mass is 462 g/mol. The van der Waals surface area contributed by atoms with Gasteiger partial charge in [0.25, 0.3) is 0 Å². The Labute approximate surface area is 199 Å². The predicted molar refractivity (Wildman–Crippen MR) is 131 cm³/mol. The van der Waals surface area contributed by atoms with Crippen molar-refractivity contribution in [2.24, 2.45) is 10.2 Å². The van der Waals surface area contributed by atoms with Gasteiger partial charge in [-0.15, -0.1) is 12.8 Å². The van der Waals surface area contributed by atoms with Gasteiger partial charge in [0.15, 0.2) is 23.0 Å². The van der Waals surface area contributed by atoms with E-state index < -0.39 is 6.03 Å². The Balaban J connectivity index is 1.93. The largest absolute Gasteiger partial charge is 0.490 e. The Morgan fingerprint density at radius 3 is 1.62 bits per heavy atom. The molecule has 0 saturated heterocycles. The summed E-state index contributed by atoms with van der Waals surface area (Å²) in [5, 5.41) is 7.79. The third-order valence-corrected chi connectivity index (χ3v) is 3.92. The second-order valence-corrected chi connectivity index (χ2v) is 6.33. The third kappa shape index (κ3) is 8.48. The van der Waals surface area contributed by atoms with Crippen LogP contribution in [0.15, 0.2) is 46.6 Å². The van der Waals surface area contributed by atoms with Gasteiger partial charge in [0, 0.05) is 0 Å². The number of carbonyl (C=O) groups is 1. The number of urea groups is 1. The van der Waals surface area contributed by atoms with E-state index in [0.29, 0.717) is 47.3 Å². The number of benzene rings is 2. The standard InChI is InChI=1S/C25H26N4O5/c1-5-13-33-21-11-9-19(15-23(21)31-7-3)17-26-28-25(30)29-27-18-20-10-12-22(34-14-6-2)24(16-20)32-8-4/h1-2,9-12,15-18H,7-8,13-14H2,3-4H3,(H2,28,29,30)/b26-17-,27-18?. The zero-order valence-corrected chi connectivity index (χ0v) is 19.0. The van der Waals surface area contributed by atoms with Crippen LogP contribution in [0.4, 0.5) is 4.79 Å². The summed E-state index contributed by atoms with van der Waals surface area (Å²) in [5.74, 6) is 6.91. The minimum Gasteiger partial charge on any atom is -0.490 e. The summed E-state index contributed by atoms with van der Waals surface area (Å²) >= 11 is 0. The molecule has 0 fully saturated rings. The summed E-state index contributed by atoms with van der Waals surface area (Å²) in [6.07, 6.45) is 13.4. The maximum atomic E-state index is 11.9. The van der Waals surface area contributed by atoms with Gasteiger partial charge in [-0.1, -0.05) is 11.8 Å². The van der Waals surface area contributed by atoms with Crippen molar-refractivity contribution in [1.82, 2.24) is 10.9 Å². The van der Waals surface area contributed by atoms with Crippen LogP contribution in [0.1, 0.15) is 25.0 Å². The molecule has 9 nitrogen and oxygen atoms in total. The van der Waals surface area contributed by atoms with Crippen LogP contribution >= 0.6 is 0 Å². The summed E-state index contributed by atoms with van der Waals surface area (Å²) < 4.78 is 22.0. The zero-order valence-electron chi connectivity index (χ0n) is 19.0. The number of hydrogen-bond acceptors (Lipinski definition) is 7. The summed E-state index contributed by atoms with van der Waals surface area (Å²) in [5.41, 5.74) is 6.03. The number of nitrogens with zero attached hydrogens (tertiary/aromatic N) is 2. The van der Waals surface area contributed by atoms with Gasteiger partial charge < -0.3 is 18.9 Å². The van der Waals surface area contributed by atoms with Crippen LogP contribution in [0.25, 0.3) is 0 Å². The first-order chi connectivity index (χ1) is 16.6. The number of hydrazone groups is 2. The van der Waals surface area contributed by atoms with Crippen molar-refractivity contribution in [3.63, 3.8) is 0 Å². The topological polar surface area (TPSA) is 103 Å². The van der Waals surface area contributed by atoms with Crippen molar-refractivity contribution in [2.45, 2.75) is 13.8 Å². The number of terminal acetylenes is 2. The first kappa shape index (κ1) is 25.6. The molecule has 0 spiro atoms. The zero-order chi connectivity index (χ0) is 24.6. The van der Waals surface area contributed by atoms with Gasteiger partial charge in [-0.2, -0.15) is 10.2 Å². The third-order valence-electron chi connectivity index (χ3n) is 3.92. The van der Waals surface area contributed by atoms with Crippen LogP contribution in [0, 0.1) is 24.7 Å². The molecule has 176 valence electrons. The number of rotatable bonds is 12. The van der Waals surface area contributed by atoms with Crippen molar-refractivity contribution in [3.8, 4) is 47.7 Å². The van der Waals surface area contributed by atoms with Crippen LogP contribution in [-0.2, 0) is 0 Å². The molecule has 0 atom stereocenters. The van der Waals surface area contributed by atoms with E-state index in [0.717, 1.165) is 0 Å². The molecule has 0 unspecified atom stereocenters. The van der Waals surface area contributed by atoms with Crippen molar-refractivity contribution < 1.29 is 23.7 Å². The molecule has 2 aromatic carbocycles. The molecule has 0 radical (unpaired) electrons.